The summed E-state index contributed by atoms with van der Waals surface area (Å²) in [5.41, 5.74) is 2.36. The highest BCUT2D eigenvalue weighted by Crippen LogP contribution is 2.28. The Kier molecular flexibility index (Phi) is 4.50. The van der Waals surface area contributed by atoms with E-state index in [1.807, 2.05) is 53.2 Å². The first-order chi connectivity index (χ1) is 13.1. The number of methoxy groups -OCH3 is 1. The van der Waals surface area contributed by atoms with E-state index in [-0.39, 0.29) is 24.2 Å². The molecule has 1 N–H and O–H groups in total. The first-order valence-corrected chi connectivity index (χ1v) is 8.79. The molecule has 1 atom stereocenters. The number of hydrogen-bond acceptors (Lipinski definition) is 4. The Morgan fingerprint density at radius 3 is 3.00 bits per heavy atom. The van der Waals surface area contributed by atoms with E-state index in [9.17, 15) is 9.59 Å². The molecule has 0 aliphatic carbocycles. The van der Waals surface area contributed by atoms with Crippen LogP contribution in [0.1, 0.15) is 12.1 Å². The number of aromatic nitrogens is 2. The predicted molar refractivity (Wildman–Crippen MR) is 100 cm³/mol. The van der Waals surface area contributed by atoms with Gasteiger partial charge in [0.15, 0.2) is 0 Å². The van der Waals surface area contributed by atoms with Crippen LogP contribution in [-0.4, -0.2) is 34.9 Å². The number of carbonyl (C=O) groups is 2. The minimum Gasteiger partial charge on any atom is -0.497 e. The highest BCUT2D eigenvalue weighted by Gasteiger charge is 2.35. The number of nitrogens with zero attached hydrogens (tertiary/aromatic N) is 3. The van der Waals surface area contributed by atoms with E-state index in [1.54, 1.807) is 18.1 Å². The quantitative estimate of drug-likeness (QED) is 0.751. The smallest absolute Gasteiger partial charge is 0.227 e. The third-order valence-electron chi connectivity index (χ3n) is 4.72. The number of pyridine rings is 1. The van der Waals surface area contributed by atoms with Crippen molar-refractivity contribution in [1.29, 1.82) is 0 Å². The summed E-state index contributed by atoms with van der Waals surface area (Å²) in [5.74, 6) is 0.114. The number of imidazole rings is 1. The Morgan fingerprint density at radius 1 is 1.30 bits per heavy atom. The molecule has 1 aliphatic heterocycles. The van der Waals surface area contributed by atoms with Crippen molar-refractivity contribution in [2.75, 3.05) is 18.6 Å². The van der Waals surface area contributed by atoms with Crippen molar-refractivity contribution in [3.8, 4) is 5.75 Å². The minimum absolute atomic E-state index is 0.0591. The van der Waals surface area contributed by atoms with Gasteiger partial charge in [-0.3, -0.25) is 9.59 Å². The lowest BCUT2D eigenvalue weighted by molar-refractivity contribution is -0.126. The molecule has 4 rings (SSSR count). The first-order valence-electron chi connectivity index (χ1n) is 8.79. The SMILES string of the molecule is COc1cccc(N2CC(C(=O)NCc3cn4ccccc4n3)CC2=O)c1. The monoisotopic (exact) mass is 364 g/mol. The summed E-state index contributed by atoms with van der Waals surface area (Å²) >= 11 is 0. The van der Waals surface area contributed by atoms with E-state index in [1.165, 1.54) is 0 Å². The molecule has 0 saturated carbocycles. The topological polar surface area (TPSA) is 75.9 Å². The lowest BCUT2D eigenvalue weighted by Crippen LogP contribution is -2.32. The first kappa shape index (κ1) is 17.1. The van der Waals surface area contributed by atoms with Gasteiger partial charge in [-0.1, -0.05) is 12.1 Å². The number of carbonyl (C=O) groups excluding carboxylic acids is 2. The van der Waals surface area contributed by atoms with E-state index >= 15 is 0 Å². The zero-order valence-electron chi connectivity index (χ0n) is 15.0. The van der Waals surface area contributed by atoms with Crippen molar-refractivity contribution < 1.29 is 14.3 Å². The molecule has 2 amide bonds. The van der Waals surface area contributed by atoms with E-state index < -0.39 is 0 Å². The molecule has 0 bridgehead atoms. The Morgan fingerprint density at radius 2 is 2.19 bits per heavy atom. The van der Waals surface area contributed by atoms with Gasteiger partial charge in [-0.2, -0.15) is 0 Å². The summed E-state index contributed by atoms with van der Waals surface area (Å²) in [6.45, 7) is 0.702. The molecule has 2 aromatic heterocycles. The van der Waals surface area contributed by atoms with E-state index in [0.29, 0.717) is 18.8 Å². The van der Waals surface area contributed by atoms with Crippen LogP contribution in [0.5, 0.6) is 5.75 Å². The molecule has 7 nitrogen and oxygen atoms in total. The number of anilines is 1. The Labute approximate surface area is 156 Å². The standard InChI is InChI=1S/C20H20N4O3/c1-27-17-6-4-5-16(10-17)24-12-14(9-19(24)25)20(26)21-11-15-13-23-8-3-2-7-18(23)22-15/h2-8,10,13-14H,9,11-12H2,1H3,(H,21,26). The predicted octanol–water partition coefficient (Wildman–Crippen LogP) is 2.01. The molecule has 1 aliphatic rings. The minimum atomic E-state index is -0.374. The summed E-state index contributed by atoms with van der Waals surface area (Å²) in [6, 6.07) is 13.1. The fraction of sp³-hybridized carbons (Fsp3) is 0.250. The molecular weight excluding hydrogens is 344 g/mol. The van der Waals surface area contributed by atoms with Gasteiger partial charge in [-0.05, 0) is 24.3 Å². The summed E-state index contributed by atoms with van der Waals surface area (Å²) in [7, 11) is 1.58. The molecule has 1 fully saturated rings. The normalized spacial score (nSPS) is 16.7. The molecule has 0 radical (unpaired) electrons. The van der Waals surface area contributed by atoms with Crippen molar-refractivity contribution in [1.82, 2.24) is 14.7 Å². The highest BCUT2D eigenvalue weighted by molar-refractivity contribution is 6.00. The summed E-state index contributed by atoms with van der Waals surface area (Å²) < 4.78 is 7.12. The second-order valence-electron chi connectivity index (χ2n) is 6.52. The van der Waals surface area contributed by atoms with Crippen molar-refractivity contribution in [3.63, 3.8) is 0 Å². The van der Waals surface area contributed by atoms with Crippen LogP contribution in [0.2, 0.25) is 0 Å². The summed E-state index contributed by atoms with van der Waals surface area (Å²) in [6.07, 6.45) is 4.00. The molecule has 138 valence electrons. The molecule has 7 heteroatoms. The number of rotatable bonds is 5. The van der Waals surface area contributed by atoms with E-state index in [4.69, 9.17) is 4.74 Å². The maximum atomic E-state index is 12.5. The molecule has 1 unspecified atom stereocenters. The van der Waals surface area contributed by atoms with Gasteiger partial charge >= 0.3 is 0 Å². The second kappa shape index (κ2) is 7.11. The molecule has 3 aromatic rings. The van der Waals surface area contributed by atoms with Crippen LogP contribution in [-0.2, 0) is 16.1 Å². The fourth-order valence-electron chi connectivity index (χ4n) is 3.31. The Hall–Kier alpha value is -3.35. The lowest BCUT2D eigenvalue weighted by atomic mass is 10.1. The van der Waals surface area contributed by atoms with Crippen molar-refractivity contribution in [2.24, 2.45) is 5.92 Å². The number of fused-ring (bicyclic) bond motifs is 1. The molecule has 1 saturated heterocycles. The van der Waals surface area contributed by atoms with Gasteiger partial charge in [0.1, 0.15) is 11.4 Å². The van der Waals surface area contributed by atoms with Gasteiger partial charge in [0.05, 0.1) is 25.3 Å². The molecular formula is C20H20N4O3. The van der Waals surface area contributed by atoms with Gasteiger partial charge in [-0.15, -0.1) is 0 Å². The van der Waals surface area contributed by atoms with Gasteiger partial charge in [0.25, 0.3) is 0 Å². The summed E-state index contributed by atoms with van der Waals surface area (Å²) in [4.78, 5) is 31.0. The van der Waals surface area contributed by atoms with Gasteiger partial charge in [-0.25, -0.2) is 4.98 Å². The Balaban J connectivity index is 1.40. The molecule has 3 heterocycles. The van der Waals surface area contributed by atoms with Crippen LogP contribution in [0.4, 0.5) is 5.69 Å². The average molecular weight is 364 g/mol. The van der Waals surface area contributed by atoms with Crippen molar-refractivity contribution in [3.05, 3.63) is 60.6 Å². The van der Waals surface area contributed by atoms with E-state index in [2.05, 4.69) is 10.3 Å². The number of benzene rings is 1. The zero-order chi connectivity index (χ0) is 18.8. The molecule has 0 spiro atoms. The number of amides is 2. The van der Waals surface area contributed by atoms with Crippen molar-refractivity contribution >= 4 is 23.1 Å². The van der Waals surface area contributed by atoms with Crippen LogP contribution in [0.15, 0.2) is 54.9 Å². The zero-order valence-corrected chi connectivity index (χ0v) is 15.0. The number of ether oxygens (including phenoxy) is 1. The van der Waals surface area contributed by atoms with Crippen LogP contribution < -0.4 is 15.0 Å². The number of nitrogens with one attached hydrogen (secondary N) is 1. The summed E-state index contributed by atoms with van der Waals surface area (Å²) in [5, 5.41) is 2.90. The third kappa shape index (κ3) is 3.48. The largest absolute Gasteiger partial charge is 0.497 e. The average Bonchev–Trinajstić information content (AvgIpc) is 3.29. The highest BCUT2D eigenvalue weighted by atomic mass is 16.5. The van der Waals surface area contributed by atoms with Crippen LogP contribution in [0.25, 0.3) is 5.65 Å². The van der Waals surface area contributed by atoms with Gasteiger partial charge in [0.2, 0.25) is 11.8 Å². The van der Waals surface area contributed by atoms with Crippen molar-refractivity contribution in [2.45, 2.75) is 13.0 Å². The van der Waals surface area contributed by atoms with Gasteiger partial charge < -0.3 is 19.4 Å². The molecule has 1 aromatic carbocycles. The van der Waals surface area contributed by atoms with E-state index in [0.717, 1.165) is 17.0 Å². The maximum absolute atomic E-state index is 12.5. The Bertz CT molecular complexity index is 965. The second-order valence-corrected chi connectivity index (χ2v) is 6.52. The van der Waals surface area contributed by atoms with Crippen LogP contribution in [0.3, 0.4) is 0 Å². The van der Waals surface area contributed by atoms with Gasteiger partial charge in [0, 0.05) is 37.1 Å². The fourth-order valence-corrected chi connectivity index (χ4v) is 3.31. The third-order valence-corrected chi connectivity index (χ3v) is 4.72. The van der Waals surface area contributed by atoms with Crippen LogP contribution >= 0.6 is 0 Å². The maximum Gasteiger partial charge on any atom is 0.227 e. The van der Waals surface area contributed by atoms with Crippen LogP contribution in [0, 0.1) is 5.92 Å². The molecule has 27 heavy (non-hydrogen) atoms. The number of hydrogen-bond donors (Lipinski definition) is 1. The lowest BCUT2D eigenvalue weighted by Gasteiger charge is -2.17.